The van der Waals surface area contributed by atoms with E-state index in [2.05, 4.69) is 16.8 Å². The molecule has 1 aromatic heterocycles. The summed E-state index contributed by atoms with van der Waals surface area (Å²) in [6.07, 6.45) is 1.58. The van der Waals surface area contributed by atoms with Crippen molar-refractivity contribution in [2.45, 2.75) is 26.0 Å². The molecule has 0 saturated carbocycles. The van der Waals surface area contributed by atoms with Gasteiger partial charge in [-0.2, -0.15) is 0 Å². The number of para-hydroxylation sites is 1. The van der Waals surface area contributed by atoms with Crippen LogP contribution in [0.4, 0.5) is 0 Å². The van der Waals surface area contributed by atoms with Crippen molar-refractivity contribution in [1.29, 1.82) is 0 Å². The molecule has 0 bridgehead atoms. The molecular weight excluding hydrogens is 382 g/mol. The molecule has 1 amide bonds. The number of aliphatic hydroxyl groups is 1. The van der Waals surface area contributed by atoms with Crippen molar-refractivity contribution in [3.63, 3.8) is 0 Å². The third-order valence-electron chi connectivity index (χ3n) is 5.48. The number of hydrogen-bond donors (Lipinski definition) is 1. The summed E-state index contributed by atoms with van der Waals surface area (Å²) in [4.78, 5) is 21.8. The van der Waals surface area contributed by atoms with Gasteiger partial charge < -0.3 is 24.4 Å². The molecule has 30 heavy (non-hydrogen) atoms. The molecule has 3 atom stereocenters. The van der Waals surface area contributed by atoms with Crippen LogP contribution in [0.15, 0.2) is 36.5 Å². The monoisotopic (exact) mass is 413 g/mol. The van der Waals surface area contributed by atoms with Gasteiger partial charge in [0.15, 0.2) is 0 Å². The summed E-state index contributed by atoms with van der Waals surface area (Å²) < 4.78 is 11.7. The predicted molar refractivity (Wildman–Crippen MR) is 116 cm³/mol. The van der Waals surface area contributed by atoms with Gasteiger partial charge in [0.25, 0.3) is 5.91 Å². The number of rotatable bonds is 6. The number of pyridine rings is 1. The lowest BCUT2D eigenvalue weighted by Crippen LogP contribution is -2.49. The van der Waals surface area contributed by atoms with Crippen LogP contribution < -0.4 is 9.47 Å². The van der Waals surface area contributed by atoms with Crippen LogP contribution in [0, 0.1) is 5.92 Å². The van der Waals surface area contributed by atoms with Gasteiger partial charge in [-0.05, 0) is 33.2 Å². The van der Waals surface area contributed by atoms with E-state index in [9.17, 15) is 9.90 Å². The summed E-state index contributed by atoms with van der Waals surface area (Å²) >= 11 is 0. The van der Waals surface area contributed by atoms with E-state index in [0.29, 0.717) is 30.3 Å². The van der Waals surface area contributed by atoms with Crippen LogP contribution in [0.2, 0.25) is 0 Å². The van der Waals surface area contributed by atoms with Crippen molar-refractivity contribution in [3.05, 3.63) is 42.1 Å². The summed E-state index contributed by atoms with van der Waals surface area (Å²) in [6.45, 7) is 5.01. The number of benzene rings is 1. The summed E-state index contributed by atoms with van der Waals surface area (Å²) in [7, 11) is 5.60. The topological polar surface area (TPSA) is 75.1 Å². The number of carbonyl (C=O) groups excluding carboxylic acids is 1. The average Bonchev–Trinajstić information content (AvgIpc) is 2.75. The maximum absolute atomic E-state index is 13.5. The number of likely N-dealkylation sites (N-methyl/N-ethyl adjacent to an activating group) is 1. The first-order valence-electron chi connectivity index (χ1n) is 10.2. The van der Waals surface area contributed by atoms with Crippen molar-refractivity contribution >= 4 is 5.91 Å². The summed E-state index contributed by atoms with van der Waals surface area (Å²) in [5.41, 5.74) is 2.03. The number of ether oxygens (including phenoxy) is 2. The van der Waals surface area contributed by atoms with Crippen molar-refractivity contribution < 1.29 is 19.4 Å². The number of hydrogen-bond acceptors (Lipinski definition) is 6. The van der Waals surface area contributed by atoms with Crippen molar-refractivity contribution in [2.75, 3.05) is 40.9 Å². The fraction of sp³-hybridized carbons (Fsp3) is 0.478. The van der Waals surface area contributed by atoms with E-state index in [-0.39, 0.29) is 30.6 Å². The Hall–Kier alpha value is -2.64. The van der Waals surface area contributed by atoms with Crippen LogP contribution in [0.1, 0.15) is 24.2 Å². The maximum atomic E-state index is 13.5. The SMILES string of the molecule is COc1ccccc1-c1cnc2c(c1)C(=O)N([C@@H](C)CO)C[C@H](C)[C@H](CN(C)C)O2. The quantitative estimate of drug-likeness (QED) is 0.785. The maximum Gasteiger partial charge on any atom is 0.259 e. The Kier molecular flexibility index (Phi) is 6.95. The van der Waals surface area contributed by atoms with Gasteiger partial charge in [-0.3, -0.25) is 4.79 Å². The van der Waals surface area contributed by atoms with Gasteiger partial charge in [-0.1, -0.05) is 25.1 Å². The van der Waals surface area contributed by atoms with Gasteiger partial charge in [0.1, 0.15) is 17.4 Å². The van der Waals surface area contributed by atoms with Crippen molar-refractivity contribution in [2.24, 2.45) is 5.92 Å². The minimum Gasteiger partial charge on any atom is -0.496 e. The highest BCUT2D eigenvalue weighted by molar-refractivity contribution is 5.98. The molecule has 0 aliphatic carbocycles. The lowest BCUT2D eigenvalue weighted by Gasteiger charge is -2.37. The fourth-order valence-corrected chi connectivity index (χ4v) is 3.71. The second-order valence-corrected chi connectivity index (χ2v) is 8.16. The van der Waals surface area contributed by atoms with Crippen LogP contribution >= 0.6 is 0 Å². The number of carbonyl (C=O) groups is 1. The van der Waals surface area contributed by atoms with Gasteiger partial charge in [-0.15, -0.1) is 0 Å². The van der Waals surface area contributed by atoms with Gasteiger partial charge in [-0.25, -0.2) is 4.98 Å². The number of methoxy groups -OCH3 is 1. The number of nitrogens with zero attached hydrogens (tertiary/aromatic N) is 3. The van der Waals surface area contributed by atoms with E-state index in [1.54, 1.807) is 18.2 Å². The zero-order valence-electron chi connectivity index (χ0n) is 18.3. The van der Waals surface area contributed by atoms with E-state index in [1.807, 2.05) is 51.4 Å². The lowest BCUT2D eigenvalue weighted by atomic mass is 9.99. The van der Waals surface area contributed by atoms with E-state index in [0.717, 1.165) is 11.1 Å². The van der Waals surface area contributed by atoms with Gasteiger partial charge in [0, 0.05) is 36.3 Å². The first-order valence-corrected chi connectivity index (χ1v) is 10.2. The third kappa shape index (κ3) is 4.57. The largest absolute Gasteiger partial charge is 0.496 e. The van der Waals surface area contributed by atoms with Crippen LogP contribution in [0.5, 0.6) is 11.6 Å². The highest BCUT2D eigenvalue weighted by Crippen LogP contribution is 2.34. The Balaban J connectivity index is 2.10. The van der Waals surface area contributed by atoms with Crippen LogP contribution in [-0.4, -0.2) is 78.8 Å². The standard InChI is InChI=1S/C23H31N3O4/c1-15-12-26(16(2)14-27)23(28)19-10-17(18-8-6-7-9-20(18)29-5)11-24-22(19)30-21(15)13-25(3)4/h6-11,15-16,21,27H,12-14H2,1-5H3/t15-,16-,21-/m0/s1. The van der Waals surface area contributed by atoms with Crippen LogP contribution in [0.25, 0.3) is 11.1 Å². The molecule has 0 radical (unpaired) electrons. The third-order valence-corrected chi connectivity index (χ3v) is 5.48. The smallest absolute Gasteiger partial charge is 0.259 e. The Morgan fingerprint density at radius 1 is 1.33 bits per heavy atom. The molecule has 2 aromatic rings. The Bertz CT molecular complexity index is 887. The highest BCUT2D eigenvalue weighted by Gasteiger charge is 2.34. The molecule has 1 aromatic carbocycles. The normalized spacial score (nSPS) is 20.2. The Morgan fingerprint density at radius 3 is 2.73 bits per heavy atom. The average molecular weight is 414 g/mol. The first-order chi connectivity index (χ1) is 14.3. The van der Waals surface area contributed by atoms with E-state index >= 15 is 0 Å². The molecule has 3 rings (SSSR count). The Labute approximate surface area is 178 Å². The van der Waals surface area contributed by atoms with Gasteiger partial charge in [0.05, 0.1) is 19.8 Å². The second kappa shape index (κ2) is 9.45. The van der Waals surface area contributed by atoms with Crippen LogP contribution in [0.3, 0.4) is 0 Å². The number of aromatic nitrogens is 1. The summed E-state index contributed by atoms with van der Waals surface area (Å²) in [6, 6.07) is 9.13. The molecule has 0 unspecified atom stereocenters. The van der Waals surface area contributed by atoms with Crippen LogP contribution in [-0.2, 0) is 0 Å². The Morgan fingerprint density at radius 2 is 2.07 bits per heavy atom. The fourth-order valence-electron chi connectivity index (χ4n) is 3.71. The van der Waals surface area contributed by atoms with Crippen molar-refractivity contribution in [1.82, 2.24) is 14.8 Å². The van der Waals surface area contributed by atoms with E-state index in [1.165, 1.54) is 0 Å². The summed E-state index contributed by atoms with van der Waals surface area (Å²) in [5, 5.41) is 9.75. The van der Waals surface area contributed by atoms with Crippen molar-refractivity contribution in [3.8, 4) is 22.8 Å². The lowest BCUT2D eigenvalue weighted by molar-refractivity contribution is 0.0348. The molecule has 1 aliphatic rings. The number of aliphatic hydroxyl groups excluding tert-OH is 1. The molecule has 7 nitrogen and oxygen atoms in total. The number of fused-ring (bicyclic) bond motifs is 1. The van der Waals surface area contributed by atoms with Gasteiger partial charge >= 0.3 is 0 Å². The highest BCUT2D eigenvalue weighted by atomic mass is 16.5. The zero-order valence-corrected chi connectivity index (χ0v) is 18.3. The van der Waals surface area contributed by atoms with E-state index < -0.39 is 0 Å². The second-order valence-electron chi connectivity index (χ2n) is 8.16. The molecule has 1 aliphatic heterocycles. The molecule has 2 heterocycles. The molecular formula is C23H31N3O4. The molecule has 162 valence electrons. The molecule has 0 saturated heterocycles. The minimum atomic E-state index is -0.305. The minimum absolute atomic E-state index is 0.0780. The van der Waals surface area contributed by atoms with Gasteiger partial charge in [0.2, 0.25) is 5.88 Å². The first kappa shape index (κ1) is 22.1. The van der Waals surface area contributed by atoms with E-state index in [4.69, 9.17) is 9.47 Å². The summed E-state index contributed by atoms with van der Waals surface area (Å²) in [5.74, 6) is 0.922. The zero-order chi connectivity index (χ0) is 21.8. The molecule has 0 fully saturated rings. The molecule has 7 heteroatoms. The molecule has 0 spiro atoms. The predicted octanol–water partition coefficient (Wildman–Crippen LogP) is 2.54. The number of amides is 1. The molecule has 1 N–H and O–H groups in total.